The fourth-order valence-corrected chi connectivity index (χ4v) is 1.40. The van der Waals surface area contributed by atoms with E-state index < -0.39 is 5.69 Å². The van der Waals surface area contributed by atoms with Crippen molar-refractivity contribution in [3.05, 3.63) is 32.1 Å². The van der Waals surface area contributed by atoms with Crippen molar-refractivity contribution in [3.63, 3.8) is 0 Å². The topological polar surface area (TPSA) is 80.6 Å². The highest BCUT2D eigenvalue weighted by Gasteiger charge is 2.10. The van der Waals surface area contributed by atoms with Gasteiger partial charge in [-0.15, -0.1) is 5.10 Å². The number of rotatable bonds is 0. The molecule has 0 aliphatic carbocycles. The van der Waals surface area contributed by atoms with Gasteiger partial charge in [0.1, 0.15) is 0 Å². The molecule has 2 heterocycles. The highest BCUT2D eigenvalue weighted by atomic mass is 16.2. The third-order valence-electron chi connectivity index (χ3n) is 2.50. The van der Waals surface area contributed by atoms with Crippen LogP contribution in [0.15, 0.2) is 9.59 Å². The summed E-state index contributed by atoms with van der Waals surface area (Å²) in [6.45, 7) is 3.55. The van der Waals surface area contributed by atoms with Crippen molar-refractivity contribution in [1.82, 2.24) is 19.7 Å². The molecule has 0 bridgehead atoms. The molecule has 6 nitrogen and oxygen atoms in total. The molecule has 0 radical (unpaired) electrons. The minimum atomic E-state index is -0.481. The first-order valence-corrected chi connectivity index (χ1v) is 4.45. The number of hydrogen-bond acceptors (Lipinski definition) is 4. The maximum atomic E-state index is 11.8. The molecule has 0 aliphatic heterocycles. The Bertz CT molecular complexity index is 653. The average Bonchev–Trinajstić information content (AvgIpc) is 2.20. The van der Waals surface area contributed by atoms with Crippen molar-refractivity contribution >= 4 is 11.0 Å². The largest absolute Gasteiger partial charge is 0.329 e. The number of H-pyrrole nitrogens is 1. The summed E-state index contributed by atoms with van der Waals surface area (Å²) in [7, 11) is 1.43. The molecule has 2 aromatic rings. The summed E-state index contributed by atoms with van der Waals surface area (Å²) in [6, 6.07) is 0. The van der Waals surface area contributed by atoms with Gasteiger partial charge in [0.25, 0.3) is 5.56 Å². The molecule has 0 fully saturated rings. The van der Waals surface area contributed by atoms with E-state index in [2.05, 4.69) is 15.2 Å². The molecule has 0 aromatic carbocycles. The fourth-order valence-electron chi connectivity index (χ4n) is 1.40. The summed E-state index contributed by atoms with van der Waals surface area (Å²) in [5.74, 6) is 0. The number of nitrogens with zero attached hydrogens (tertiary/aromatic N) is 3. The lowest BCUT2D eigenvalue weighted by atomic mass is 10.2. The summed E-state index contributed by atoms with van der Waals surface area (Å²) in [4.78, 5) is 25.6. The van der Waals surface area contributed by atoms with Crippen LogP contribution in [0.1, 0.15) is 11.3 Å². The Morgan fingerprint density at radius 1 is 1.20 bits per heavy atom. The summed E-state index contributed by atoms with van der Waals surface area (Å²) in [5, 5.41) is 8.06. The van der Waals surface area contributed by atoms with E-state index in [0.29, 0.717) is 11.1 Å². The van der Waals surface area contributed by atoms with Gasteiger partial charge in [0.05, 0.1) is 11.1 Å². The van der Waals surface area contributed by atoms with Crippen molar-refractivity contribution in [2.24, 2.45) is 7.05 Å². The van der Waals surface area contributed by atoms with Gasteiger partial charge in [-0.3, -0.25) is 14.3 Å². The van der Waals surface area contributed by atoms with Gasteiger partial charge in [-0.1, -0.05) is 0 Å². The van der Waals surface area contributed by atoms with E-state index in [-0.39, 0.29) is 11.2 Å². The van der Waals surface area contributed by atoms with Crippen LogP contribution in [-0.4, -0.2) is 19.7 Å². The van der Waals surface area contributed by atoms with Crippen LogP contribution in [0.2, 0.25) is 0 Å². The zero-order valence-electron chi connectivity index (χ0n) is 8.66. The molecule has 0 saturated heterocycles. The quantitative estimate of drug-likeness (QED) is 0.638. The van der Waals surface area contributed by atoms with Gasteiger partial charge in [0.2, 0.25) is 0 Å². The summed E-state index contributed by atoms with van der Waals surface area (Å²) < 4.78 is 1.02. The Kier molecular flexibility index (Phi) is 1.92. The minimum absolute atomic E-state index is 0.242. The highest BCUT2D eigenvalue weighted by molar-refractivity contribution is 5.77. The third kappa shape index (κ3) is 1.25. The second kappa shape index (κ2) is 3.01. The molecule has 0 spiro atoms. The molecule has 6 heteroatoms. The Morgan fingerprint density at radius 3 is 2.53 bits per heavy atom. The van der Waals surface area contributed by atoms with E-state index >= 15 is 0 Å². The van der Waals surface area contributed by atoms with Crippen LogP contribution in [-0.2, 0) is 7.05 Å². The van der Waals surface area contributed by atoms with Crippen molar-refractivity contribution in [1.29, 1.82) is 0 Å². The zero-order chi connectivity index (χ0) is 11.2. The molecule has 2 rings (SSSR count). The second-order valence-corrected chi connectivity index (χ2v) is 3.43. The number of nitrogens with one attached hydrogen (secondary N) is 1. The average molecular weight is 206 g/mol. The molecule has 1 N–H and O–H groups in total. The monoisotopic (exact) mass is 206 g/mol. The van der Waals surface area contributed by atoms with Crippen LogP contribution in [0.25, 0.3) is 11.0 Å². The van der Waals surface area contributed by atoms with Gasteiger partial charge in [0, 0.05) is 7.05 Å². The van der Waals surface area contributed by atoms with Crippen molar-refractivity contribution < 1.29 is 0 Å². The zero-order valence-corrected chi connectivity index (χ0v) is 8.66. The van der Waals surface area contributed by atoms with E-state index in [0.717, 1.165) is 10.1 Å². The Labute approximate surface area is 84.6 Å². The molecule has 78 valence electrons. The SMILES string of the molecule is Cc1nnc2[nH]c(=O)n(C)c(=O)c2c1C. The van der Waals surface area contributed by atoms with Gasteiger partial charge in [-0.25, -0.2) is 4.79 Å². The van der Waals surface area contributed by atoms with Gasteiger partial charge in [0.15, 0.2) is 5.65 Å². The molecule has 2 aromatic heterocycles. The first-order valence-electron chi connectivity index (χ1n) is 4.45. The van der Waals surface area contributed by atoms with Crippen LogP contribution in [0.3, 0.4) is 0 Å². The Hall–Kier alpha value is -1.98. The Morgan fingerprint density at radius 2 is 1.87 bits per heavy atom. The maximum absolute atomic E-state index is 11.8. The molecule has 0 unspecified atom stereocenters. The standard InChI is InChI=1S/C9H10N4O2/c1-4-5(2)11-12-7-6(4)8(14)13(3)9(15)10-7/h1-3H3,(H,10,12,15). The maximum Gasteiger partial charge on any atom is 0.329 e. The number of aromatic nitrogens is 4. The predicted molar refractivity (Wildman–Crippen MR) is 54.9 cm³/mol. The summed E-state index contributed by atoms with van der Waals surface area (Å²) in [6.07, 6.45) is 0. The number of hydrogen-bond donors (Lipinski definition) is 1. The van der Waals surface area contributed by atoms with Crippen LogP contribution >= 0.6 is 0 Å². The minimum Gasteiger partial charge on any atom is -0.290 e. The fraction of sp³-hybridized carbons (Fsp3) is 0.333. The molecule has 0 amide bonds. The van der Waals surface area contributed by atoms with E-state index in [4.69, 9.17) is 0 Å². The molecule has 0 aliphatic rings. The number of fused-ring (bicyclic) bond motifs is 1. The predicted octanol–water partition coefficient (Wildman–Crippen LogP) is -0.366. The molecule has 0 atom stereocenters. The normalized spacial score (nSPS) is 10.9. The van der Waals surface area contributed by atoms with Crippen molar-refractivity contribution in [2.75, 3.05) is 0 Å². The van der Waals surface area contributed by atoms with E-state index in [1.54, 1.807) is 13.8 Å². The van der Waals surface area contributed by atoms with Gasteiger partial charge >= 0.3 is 5.69 Å². The lowest BCUT2D eigenvalue weighted by molar-refractivity contribution is 0.784. The van der Waals surface area contributed by atoms with E-state index in [1.807, 2.05) is 0 Å². The lowest BCUT2D eigenvalue weighted by Crippen LogP contribution is -2.33. The van der Waals surface area contributed by atoms with Crippen LogP contribution in [0, 0.1) is 13.8 Å². The molecule has 0 saturated carbocycles. The number of aryl methyl sites for hydroxylation is 2. The smallest absolute Gasteiger partial charge is 0.290 e. The van der Waals surface area contributed by atoms with Crippen molar-refractivity contribution in [2.45, 2.75) is 13.8 Å². The van der Waals surface area contributed by atoms with Crippen LogP contribution in [0.4, 0.5) is 0 Å². The van der Waals surface area contributed by atoms with E-state index in [1.165, 1.54) is 7.05 Å². The first kappa shape index (κ1) is 9.57. The highest BCUT2D eigenvalue weighted by Crippen LogP contribution is 2.09. The third-order valence-corrected chi connectivity index (χ3v) is 2.50. The van der Waals surface area contributed by atoms with Gasteiger partial charge in [-0.05, 0) is 19.4 Å². The van der Waals surface area contributed by atoms with E-state index in [9.17, 15) is 9.59 Å². The number of aromatic amines is 1. The first-order chi connectivity index (χ1) is 7.02. The molecular formula is C9H10N4O2. The van der Waals surface area contributed by atoms with Crippen molar-refractivity contribution in [3.8, 4) is 0 Å². The molecular weight excluding hydrogens is 196 g/mol. The summed E-state index contributed by atoms with van der Waals surface area (Å²) in [5.41, 5.74) is 0.851. The lowest BCUT2D eigenvalue weighted by Gasteiger charge is -2.03. The molecule has 15 heavy (non-hydrogen) atoms. The van der Waals surface area contributed by atoms with Gasteiger partial charge < -0.3 is 0 Å². The van der Waals surface area contributed by atoms with Crippen LogP contribution < -0.4 is 11.2 Å². The van der Waals surface area contributed by atoms with Gasteiger partial charge in [-0.2, -0.15) is 5.10 Å². The Balaban J connectivity index is 3.15. The van der Waals surface area contributed by atoms with Crippen LogP contribution in [0.5, 0.6) is 0 Å². The summed E-state index contributed by atoms with van der Waals surface area (Å²) >= 11 is 0. The second-order valence-electron chi connectivity index (χ2n) is 3.43.